The summed E-state index contributed by atoms with van der Waals surface area (Å²) in [4.78, 5) is 27.1. The summed E-state index contributed by atoms with van der Waals surface area (Å²) < 4.78 is 0. The molecule has 1 amide bonds. The topological polar surface area (TPSA) is 111 Å². The van der Waals surface area contributed by atoms with Gasteiger partial charge in [0.1, 0.15) is 5.69 Å². The third-order valence-electron chi connectivity index (χ3n) is 4.47. The van der Waals surface area contributed by atoms with Crippen LogP contribution in [-0.4, -0.2) is 39.5 Å². The lowest BCUT2D eigenvalue weighted by molar-refractivity contribution is 0.0996. The quantitative estimate of drug-likeness (QED) is 0.878. The van der Waals surface area contributed by atoms with E-state index >= 15 is 0 Å². The van der Waals surface area contributed by atoms with Gasteiger partial charge in [-0.25, -0.2) is 9.97 Å². The molecule has 24 heavy (non-hydrogen) atoms. The highest BCUT2D eigenvalue weighted by molar-refractivity contribution is 5.98. The molecule has 0 saturated carbocycles. The Morgan fingerprint density at radius 1 is 1.21 bits per heavy atom. The van der Waals surface area contributed by atoms with Gasteiger partial charge in [0.05, 0.1) is 5.69 Å². The van der Waals surface area contributed by atoms with Crippen molar-refractivity contribution in [2.24, 2.45) is 11.5 Å². The molecule has 7 heteroatoms. The molecule has 0 atom stereocenters. The van der Waals surface area contributed by atoms with Gasteiger partial charge in [0, 0.05) is 36.6 Å². The minimum absolute atomic E-state index is 0.158. The largest absolute Gasteiger partial charge is 0.364 e. The fourth-order valence-corrected chi connectivity index (χ4v) is 2.96. The number of primary amides is 1. The molecular weight excluding hydrogens is 304 g/mol. The number of aryl methyl sites for hydroxylation is 1. The molecule has 7 nitrogen and oxygen atoms in total. The maximum Gasteiger partial charge on any atom is 0.268 e. The van der Waals surface area contributed by atoms with Crippen LogP contribution in [0.15, 0.2) is 24.5 Å². The lowest BCUT2D eigenvalue weighted by Gasteiger charge is -2.37. The second kappa shape index (κ2) is 6.16. The first-order valence-corrected chi connectivity index (χ1v) is 8.00. The van der Waals surface area contributed by atoms with Crippen molar-refractivity contribution in [3.63, 3.8) is 0 Å². The zero-order valence-electron chi connectivity index (χ0n) is 14.0. The van der Waals surface area contributed by atoms with E-state index in [1.165, 1.54) is 0 Å². The summed E-state index contributed by atoms with van der Waals surface area (Å²) in [5, 5.41) is 0. The molecule has 1 aliphatic rings. The van der Waals surface area contributed by atoms with Crippen molar-refractivity contribution in [1.82, 2.24) is 15.0 Å². The summed E-state index contributed by atoms with van der Waals surface area (Å²) in [6.07, 6.45) is 5.04. The van der Waals surface area contributed by atoms with Crippen LogP contribution >= 0.6 is 0 Å². The normalized spacial score (nSPS) is 16.9. The van der Waals surface area contributed by atoms with Gasteiger partial charge in [-0.05, 0) is 44.4 Å². The number of nitrogens with two attached hydrogens (primary N) is 2. The first-order chi connectivity index (χ1) is 11.4. The number of amides is 1. The van der Waals surface area contributed by atoms with Crippen molar-refractivity contribution in [2.45, 2.75) is 32.2 Å². The van der Waals surface area contributed by atoms with E-state index in [0.717, 1.165) is 37.2 Å². The van der Waals surface area contributed by atoms with Gasteiger partial charge >= 0.3 is 0 Å². The fraction of sp³-hybridized carbons (Fsp3) is 0.412. The maximum atomic E-state index is 12.0. The Morgan fingerprint density at radius 2 is 1.83 bits per heavy atom. The molecule has 0 unspecified atom stereocenters. The molecule has 0 aliphatic carbocycles. The average molecular weight is 326 g/mol. The van der Waals surface area contributed by atoms with Crippen LogP contribution in [0.2, 0.25) is 0 Å². The Balaban J connectivity index is 2.01. The standard InChI is InChI=1S/C17H22N6O/c1-11-13(12-3-7-20-8-4-12)14(15(18)24)22-16(21-11)23-9-5-17(2,19)6-10-23/h3-4,7-8H,5-6,9-10,19H2,1-2H3,(H2,18,24). The van der Waals surface area contributed by atoms with Crippen LogP contribution in [0.25, 0.3) is 11.1 Å². The van der Waals surface area contributed by atoms with E-state index in [1.54, 1.807) is 12.4 Å². The van der Waals surface area contributed by atoms with E-state index in [9.17, 15) is 4.79 Å². The van der Waals surface area contributed by atoms with Crippen LogP contribution < -0.4 is 16.4 Å². The summed E-state index contributed by atoms with van der Waals surface area (Å²) >= 11 is 0. The van der Waals surface area contributed by atoms with Gasteiger partial charge in [-0.3, -0.25) is 9.78 Å². The molecule has 1 aliphatic heterocycles. The van der Waals surface area contributed by atoms with E-state index in [-0.39, 0.29) is 11.2 Å². The summed E-state index contributed by atoms with van der Waals surface area (Å²) in [5.74, 6) is -0.0242. The molecule has 0 aromatic carbocycles. The van der Waals surface area contributed by atoms with Crippen molar-refractivity contribution >= 4 is 11.9 Å². The molecule has 1 saturated heterocycles. The second-order valence-electron chi connectivity index (χ2n) is 6.57. The number of pyridine rings is 1. The molecule has 3 rings (SSSR count). The van der Waals surface area contributed by atoms with E-state index < -0.39 is 5.91 Å². The number of nitrogens with zero attached hydrogens (tertiary/aromatic N) is 4. The van der Waals surface area contributed by atoms with Gasteiger partial charge in [-0.1, -0.05) is 0 Å². The molecule has 1 fully saturated rings. The van der Waals surface area contributed by atoms with E-state index in [2.05, 4.69) is 26.8 Å². The summed E-state index contributed by atoms with van der Waals surface area (Å²) in [6, 6.07) is 3.64. The minimum atomic E-state index is -0.561. The maximum absolute atomic E-state index is 12.0. The first kappa shape index (κ1) is 16.3. The lowest BCUT2D eigenvalue weighted by atomic mass is 9.91. The molecule has 2 aromatic heterocycles. The van der Waals surface area contributed by atoms with Gasteiger partial charge < -0.3 is 16.4 Å². The zero-order chi connectivity index (χ0) is 17.3. The average Bonchev–Trinajstić information content (AvgIpc) is 2.54. The lowest BCUT2D eigenvalue weighted by Crippen LogP contribution is -2.48. The Hall–Kier alpha value is -2.54. The Bertz CT molecular complexity index is 749. The van der Waals surface area contributed by atoms with Crippen molar-refractivity contribution < 1.29 is 4.79 Å². The summed E-state index contributed by atoms with van der Waals surface area (Å²) in [5.41, 5.74) is 14.1. The Labute approximate surface area is 141 Å². The minimum Gasteiger partial charge on any atom is -0.364 e. The monoisotopic (exact) mass is 326 g/mol. The Kier molecular flexibility index (Phi) is 4.19. The molecule has 0 bridgehead atoms. The second-order valence-corrected chi connectivity index (χ2v) is 6.57. The van der Waals surface area contributed by atoms with Gasteiger partial charge in [0.25, 0.3) is 5.91 Å². The van der Waals surface area contributed by atoms with Crippen LogP contribution in [0, 0.1) is 6.92 Å². The van der Waals surface area contributed by atoms with Crippen LogP contribution in [0.5, 0.6) is 0 Å². The summed E-state index contributed by atoms with van der Waals surface area (Å²) in [6.45, 7) is 5.45. The van der Waals surface area contributed by atoms with Crippen LogP contribution in [0.3, 0.4) is 0 Å². The molecule has 126 valence electrons. The molecule has 0 spiro atoms. The number of rotatable bonds is 3. The number of hydrogen-bond donors (Lipinski definition) is 2. The van der Waals surface area contributed by atoms with Crippen molar-refractivity contribution in [3.05, 3.63) is 35.9 Å². The number of piperidine rings is 1. The Morgan fingerprint density at radius 3 is 2.42 bits per heavy atom. The van der Waals surface area contributed by atoms with E-state index in [0.29, 0.717) is 11.5 Å². The molecular formula is C17H22N6O. The number of carbonyl (C=O) groups is 1. The highest BCUT2D eigenvalue weighted by Gasteiger charge is 2.28. The van der Waals surface area contributed by atoms with Crippen molar-refractivity contribution in [1.29, 1.82) is 0 Å². The number of aromatic nitrogens is 3. The summed E-state index contributed by atoms with van der Waals surface area (Å²) in [7, 11) is 0. The predicted octanol–water partition coefficient (Wildman–Crippen LogP) is 1.26. The number of hydrogen-bond acceptors (Lipinski definition) is 6. The van der Waals surface area contributed by atoms with E-state index in [4.69, 9.17) is 11.5 Å². The van der Waals surface area contributed by atoms with Gasteiger partial charge in [0.2, 0.25) is 5.95 Å². The van der Waals surface area contributed by atoms with Crippen LogP contribution in [-0.2, 0) is 0 Å². The van der Waals surface area contributed by atoms with Gasteiger partial charge in [-0.2, -0.15) is 0 Å². The molecule has 2 aromatic rings. The SMILES string of the molecule is Cc1nc(N2CCC(C)(N)CC2)nc(C(N)=O)c1-c1ccncc1. The predicted molar refractivity (Wildman–Crippen MR) is 92.6 cm³/mol. The first-order valence-electron chi connectivity index (χ1n) is 8.00. The van der Waals surface area contributed by atoms with Crippen molar-refractivity contribution in [3.8, 4) is 11.1 Å². The van der Waals surface area contributed by atoms with Crippen LogP contribution in [0.1, 0.15) is 35.9 Å². The smallest absolute Gasteiger partial charge is 0.268 e. The fourth-order valence-electron chi connectivity index (χ4n) is 2.96. The third kappa shape index (κ3) is 3.21. The third-order valence-corrected chi connectivity index (χ3v) is 4.47. The van der Waals surface area contributed by atoms with Gasteiger partial charge in [0.15, 0.2) is 0 Å². The number of anilines is 1. The molecule has 3 heterocycles. The van der Waals surface area contributed by atoms with Crippen LogP contribution in [0.4, 0.5) is 5.95 Å². The molecule has 0 radical (unpaired) electrons. The van der Waals surface area contributed by atoms with Gasteiger partial charge in [-0.15, -0.1) is 0 Å². The van der Waals surface area contributed by atoms with Crippen molar-refractivity contribution in [2.75, 3.05) is 18.0 Å². The highest BCUT2D eigenvalue weighted by atomic mass is 16.1. The molecule has 4 N–H and O–H groups in total. The highest BCUT2D eigenvalue weighted by Crippen LogP contribution is 2.28. The zero-order valence-corrected chi connectivity index (χ0v) is 14.0. The number of carbonyl (C=O) groups excluding carboxylic acids is 1. The van der Waals surface area contributed by atoms with E-state index in [1.807, 2.05) is 19.1 Å².